The lowest BCUT2D eigenvalue weighted by Gasteiger charge is -2.35. The summed E-state index contributed by atoms with van der Waals surface area (Å²) in [6.07, 6.45) is 1.88. The molecule has 2 aliphatic rings. The summed E-state index contributed by atoms with van der Waals surface area (Å²) in [4.78, 5) is 26.9. The summed E-state index contributed by atoms with van der Waals surface area (Å²) >= 11 is 0. The maximum absolute atomic E-state index is 11.8. The summed E-state index contributed by atoms with van der Waals surface area (Å²) in [5, 5.41) is 3.19. The van der Waals surface area contributed by atoms with Gasteiger partial charge in [0.05, 0.1) is 19.3 Å². The van der Waals surface area contributed by atoms with Crippen LogP contribution in [0.5, 0.6) is 0 Å². The fraction of sp³-hybridized carbons (Fsp3) is 0.800. The van der Waals surface area contributed by atoms with Crippen LogP contribution in [0.25, 0.3) is 0 Å². The summed E-state index contributed by atoms with van der Waals surface area (Å²) < 4.78 is 0. The van der Waals surface area contributed by atoms with Crippen LogP contribution in [-0.4, -0.2) is 54.0 Å². The number of rotatable bonds is 2. The maximum atomic E-state index is 11.8. The summed E-state index contributed by atoms with van der Waals surface area (Å²) in [5.74, 6) is -0.125. The summed E-state index contributed by atoms with van der Waals surface area (Å²) in [5.41, 5.74) is 0. The Morgan fingerprint density at radius 1 is 1.33 bits per heavy atom. The minimum absolute atomic E-state index is 0.0518. The molecule has 0 aromatic heterocycles. The van der Waals surface area contributed by atoms with Gasteiger partial charge < -0.3 is 0 Å². The van der Waals surface area contributed by atoms with Crippen molar-refractivity contribution < 1.29 is 9.59 Å². The van der Waals surface area contributed by atoms with Gasteiger partial charge in [-0.05, 0) is 25.9 Å². The van der Waals surface area contributed by atoms with Crippen molar-refractivity contribution >= 4 is 11.8 Å². The number of amides is 2. The van der Waals surface area contributed by atoms with Gasteiger partial charge in [0.25, 0.3) is 0 Å². The minimum atomic E-state index is -0.0625. The molecule has 0 spiro atoms. The molecule has 15 heavy (non-hydrogen) atoms. The number of nitrogens with one attached hydrogen (secondary N) is 1. The lowest BCUT2D eigenvalue weighted by molar-refractivity contribution is -0.154. The molecule has 2 saturated heterocycles. The third-order valence-corrected chi connectivity index (χ3v) is 3.05. The fourth-order valence-corrected chi connectivity index (χ4v) is 2.19. The Labute approximate surface area is 89.4 Å². The van der Waals surface area contributed by atoms with E-state index in [2.05, 4.69) is 5.32 Å². The monoisotopic (exact) mass is 211 g/mol. The zero-order valence-electron chi connectivity index (χ0n) is 9.03. The highest BCUT2D eigenvalue weighted by molar-refractivity contribution is 5.99. The standard InChI is InChI=1S/C10H17N3O2/c1-2-12-6-9(14)13(10(15)7-12)8-4-3-5-11-8/h8,11H,2-7H2,1H3. The zero-order valence-corrected chi connectivity index (χ0v) is 9.03. The molecular formula is C10H17N3O2. The average Bonchev–Trinajstić information content (AvgIpc) is 2.69. The first-order valence-electron chi connectivity index (χ1n) is 5.53. The predicted octanol–water partition coefficient (Wildman–Crippen LogP) is -0.613. The number of carbonyl (C=O) groups excluding carboxylic acids is 2. The molecule has 0 aromatic carbocycles. The third-order valence-electron chi connectivity index (χ3n) is 3.05. The molecule has 0 saturated carbocycles. The second kappa shape index (κ2) is 4.28. The van der Waals surface area contributed by atoms with Gasteiger partial charge in [-0.25, -0.2) is 0 Å². The van der Waals surface area contributed by atoms with E-state index in [-0.39, 0.29) is 18.0 Å². The molecule has 0 aromatic rings. The summed E-state index contributed by atoms with van der Waals surface area (Å²) in [6, 6.07) is 0. The second-order valence-corrected chi connectivity index (χ2v) is 4.07. The van der Waals surface area contributed by atoms with Gasteiger partial charge in [-0.15, -0.1) is 0 Å². The first kappa shape index (κ1) is 10.6. The molecule has 84 valence electrons. The Morgan fingerprint density at radius 2 is 2.00 bits per heavy atom. The quantitative estimate of drug-likeness (QED) is 0.619. The van der Waals surface area contributed by atoms with Gasteiger partial charge in [-0.1, -0.05) is 6.92 Å². The molecule has 2 rings (SSSR count). The smallest absolute Gasteiger partial charge is 0.244 e. The fourth-order valence-electron chi connectivity index (χ4n) is 2.19. The van der Waals surface area contributed by atoms with Gasteiger partial charge in [0.1, 0.15) is 0 Å². The van der Waals surface area contributed by atoms with Crippen molar-refractivity contribution in [2.75, 3.05) is 26.2 Å². The van der Waals surface area contributed by atoms with Crippen molar-refractivity contribution in [2.45, 2.75) is 25.9 Å². The van der Waals surface area contributed by atoms with Crippen molar-refractivity contribution in [1.29, 1.82) is 0 Å². The SMILES string of the molecule is CCN1CC(=O)N(C2CCCN2)C(=O)C1. The van der Waals surface area contributed by atoms with Gasteiger partial charge in [0, 0.05) is 0 Å². The highest BCUT2D eigenvalue weighted by atomic mass is 16.2. The number of hydrogen-bond acceptors (Lipinski definition) is 4. The number of imide groups is 1. The highest BCUT2D eigenvalue weighted by Crippen LogP contribution is 2.14. The summed E-state index contributed by atoms with van der Waals surface area (Å²) in [7, 11) is 0. The van der Waals surface area contributed by atoms with Crippen LogP contribution in [0.3, 0.4) is 0 Å². The van der Waals surface area contributed by atoms with E-state index in [0.29, 0.717) is 13.1 Å². The van der Waals surface area contributed by atoms with Crippen LogP contribution in [0, 0.1) is 0 Å². The predicted molar refractivity (Wildman–Crippen MR) is 55.0 cm³/mol. The van der Waals surface area contributed by atoms with E-state index >= 15 is 0 Å². The topological polar surface area (TPSA) is 52.7 Å². The molecule has 2 amide bonds. The van der Waals surface area contributed by atoms with Crippen LogP contribution in [0.4, 0.5) is 0 Å². The van der Waals surface area contributed by atoms with Gasteiger partial charge in [-0.2, -0.15) is 0 Å². The molecule has 2 fully saturated rings. The average molecular weight is 211 g/mol. The Kier molecular flexibility index (Phi) is 3.02. The van der Waals surface area contributed by atoms with Crippen LogP contribution in [0.15, 0.2) is 0 Å². The minimum Gasteiger partial charge on any atom is -0.297 e. The number of piperazine rings is 1. The van der Waals surface area contributed by atoms with Crippen LogP contribution < -0.4 is 5.32 Å². The first-order valence-corrected chi connectivity index (χ1v) is 5.53. The molecule has 1 N–H and O–H groups in total. The van der Waals surface area contributed by atoms with Gasteiger partial charge >= 0.3 is 0 Å². The van der Waals surface area contributed by atoms with Crippen molar-refractivity contribution in [3.8, 4) is 0 Å². The van der Waals surface area contributed by atoms with E-state index in [9.17, 15) is 9.59 Å². The molecular weight excluding hydrogens is 194 g/mol. The summed E-state index contributed by atoms with van der Waals surface area (Å²) in [6.45, 7) is 4.37. The number of nitrogens with zero attached hydrogens (tertiary/aromatic N) is 2. The molecule has 0 bridgehead atoms. The second-order valence-electron chi connectivity index (χ2n) is 4.07. The van der Waals surface area contributed by atoms with Crippen molar-refractivity contribution in [2.24, 2.45) is 0 Å². The Balaban J connectivity index is 2.05. The number of hydrogen-bond donors (Lipinski definition) is 1. The van der Waals surface area contributed by atoms with Gasteiger partial charge in [0.2, 0.25) is 11.8 Å². The Morgan fingerprint density at radius 3 is 2.47 bits per heavy atom. The molecule has 0 aliphatic carbocycles. The highest BCUT2D eigenvalue weighted by Gasteiger charge is 2.36. The maximum Gasteiger partial charge on any atom is 0.244 e. The van der Waals surface area contributed by atoms with Crippen molar-refractivity contribution in [3.63, 3.8) is 0 Å². The van der Waals surface area contributed by atoms with E-state index in [1.165, 1.54) is 4.90 Å². The Hall–Kier alpha value is -0.940. The van der Waals surface area contributed by atoms with Crippen LogP contribution >= 0.6 is 0 Å². The largest absolute Gasteiger partial charge is 0.297 e. The lowest BCUT2D eigenvalue weighted by atomic mass is 10.2. The molecule has 5 heteroatoms. The molecule has 1 unspecified atom stereocenters. The van der Waals surface area contributed by atoms with Crippen LogP contribution in [0.2, 0.25) is 0 Å². The first-order chi connectivity index (χ1) is 7.22. The van der Waals surface area contributed by atoms with Gasteiger partial charge in [-0.3, -0.25) is 24.7 Å². The van der Waals surface area contributed by atoms with Crippen molar-refractivity contribution in [3.05, 3.63) is 0 Å². The molecule has 0 radical (unpaired) electrons. The normalized spacial score (nSPS) is 28.9. The van der Waals surface area contributed by atoms with Gasteiger partial charge in [0.15, 0.2) is 0 Å². The Bertz CT molecular complexity index is 256. The van der Waals surface area contributed by atoms with E-state index < -0.39 is 0 Å². The lowest BCUT2D eigenvalue weighted by Crippen LogP contribution is -2.59. The zero-order chi connectivity index (χ0) is 10.8. The third kappa shape index (κ3) is 2.03. The molecule has 1 atom stereocenters. The number of likely N-dealkylation sites (N-methyl/N-ethyl adjacent to an activating group) is 1. The van der Waals surface area contributed by atoms with E-state index in [4.69, 9.17) is 0 Å². The van der Waals surface area contributed by atoms with E-state index in [1.54, 1.807) is 0 Å². The van der Waals surface area contributed by atoms with Crippen molar-refractivity contribution in [1.82, 2.24) is 15.1 Å². The van der Waals surface area contributed by atoms with Crippen LogP contribution in [0.1, 0.15) is 19.8 Å². The van der Waals surface area contributed by atoms with E-state index in [1.807, 2.05) is 11.8 Å². The van der Waals surface area contributed by atoms with E-state index in [0.717, 1.165) is 25.9 Å². The number of carbonyl (C=O) groups is 2. The molecule has 2 heterocycles. The molecule has 5 nitrogen and oxygen atoms in total. The van der Waals surface area contributed by atoms with Crippen LogP contribution in [-0.2, 0) is 9.59 Å². The molecule has 2 aliphatic heterocycles.